The fourth-order valence-electron chi connectivity index (χ4n) is 3.01. The summed E-state index contributed by atoms with van der Waals surface area (Å²) in [7, 11) is -2.07. The lowest BCUT2D eigenvalue weighted by molar-refractivity contribution is 0.102. The zero-order valence-corrected chi connectivity index (χ0v) is 17.5. The van der Waals surface area contributed by atoms with Crippen LogP contribution in [0.2, 0.25) is 0 Å². The molecule has 29 heavy (non-hydrogen) atoms. The summed E-state index contributed by atoms with van der Waals surface area (Å²) in [5.41, 5.74) is 4.02. The zero-order chi connectivity index (χ0) is 21.0. The van der Waals surface area contributed by atoms with Crippen LogP contribution in [0.25, 0.3) is 0 Å². The molecule has 0 aromatic heterocycles. The molecular weight excluding hydrogens is 384 g/mol. The number of aryl methyl sites for hydroxylation is 1. The predicted octanol–water partition coefficient (Wildman–Crippen LogP) is 4.38. The van der Waals surface area contributed by atoms with Gasteiger partial charge in [0.1, 0.15) is 0 Å². The van der Waals surface area contributed by atoms with Gasteiger partial charge in [-0.1, -0.05) is 42.5 Å². The SMILES string of the molecule is Cc1cccc(C(=O)Nc2ccc(S(=O)(=O)N(C)Cc3ccccc3)cc2)c1C. The second-order valence-electron chi connectivity index (χ2n) is 6.97. The van der Waals surface area contributed by atoms with Crippen molar-refractivity contribution in [1.82, 2.24) is 4.31 Å². The molecule has 0 aliphatic heterocycles. The van der Waals surface area contributed by atoms with E-state index in [9.17, 15) is 13.2 Å². The summed E-state index contributed by atoms with van der Waals surface area (Å²) in [6.07, 6.45) is 0. The van der Waals surface area contributed by atoms with E-state index in [0.29, 0.717) is 11.3 Å². The minimum Gasteiger partial charge on any atom is -0.322 e. The van der Waals surface area contributed by atoms with Crippen molar-refractivity contribution in [2.24, 2.45) is 0 Å². The van der Waals surface area contributed by atoms with Crippen LogP contribution in [0.5, 0.6) is 0 Å². The Morgan fingerprint density at radius 2 is 1.55 bits per heavy atom. The van der Waals surface area contributed by atoms with Crippen molar-refractivity contribution in [1.29, 1.82) is 0 Å². The van der Waals surface area contributed by atoms with Gasteiger partial charge in [0.15, 0.2) is 0 Å². The van der Waals surface area contributed by atoms with Gasteiger partial charge >= 0.3 is 0 Å². The van der Waals surface area contributed by atoms with E-state index in [1.54, 1.807) is 25.2 Å². The third-order valence-corrected chi connectivity index (χ3v) is 6.74. The van der Waals surface area contributed by atoms with Gasteiger partial charge in [0, 0.05) is 24.8 Å². The van der Waals surface area contributed by atoms with Crippen LogP contribution >= 0.6 is 0 Å². The molecule has 0 unspecified atom stereocenters. The van der Waals surface area contributed by atoms with Crippen LogP contribution in [0, 0.1) is 13.8 Å². The van der Waals surface area contributed by atoms with Crippen molar-refractivity contribution in [3.63, 3.8) is 0 Å². The maximum absolute atomic E-state index is 12.8. The Labute approximate surface area is 172 Å². The first-order valence-corrected chi connectivity index (χ1v) is 10.7. The van der Waals surface area contributed by atoms with Gasteiger partial charge < -0.3 is 5.32 Å². The van der Waals surface area contributed by atoms with E-state index in [4.69, 9.17) is 0 Å². The first-order valence-electron chi connectivity index (χ1n) is 9.27. The summed E-state index contributed by atoms with van der Waals surface area (Å²) in [6, 6.07) is 21.2. The molecule has 0 atom stereocenters. The number of hydrogen-bond acceptors (Lipinski definition) is 3. The third-order valence-electron chi connectivity index (χ3n) is 4.92. The molecule has 3 aromatic carbocycles. The Bertz CT molecular complexity index is 1110. The molecule has 150 valence electrons. The summed E-state index contributed by atoms with van der Waals surface area (Å²) in [5, 5.41) is 2.83. The van der Waals surface area contributed by atoms with Gasteiger partial charge in [-0.05, 0) is 60.9 Å². The Morgan fingerprint density at radius 1 is 0.897 bits per heavy atom. The van der Waals surface area contributed by atoms with E-state index in [-0.39, 0.29) is 17.3 Å². The first kappa shape index (κ1) is 20.8. The number of sulfonamides is 1. The Balaban J connectivity index is 1.73. The Morgan fingerprint density at radius 3 is 2.21 bits per heavy atom. The van der Waals surface area contributed by atoms with Gasteiger partial charge in [0.05, 0.1) is 4.90 Å². The van der Waals surface area contributed by atoms with Gasteiger partial charge in [-0.15, -0.1) is 0 Å². The molecule has 3 rings (SSSR count). The van der Waals surface area contributed by atoms with Gasteiger partial charge in [0.2, 0.25) is 10.0 Å². The van der Waals surface area contributed by atoms with Crippen LogP contribution in [0.4, 0.5) is 5.69 Å². The second-order valence-corrected chi connectivity index (χ2v) is 9.02. The van der Waals surface area contributed by atoms with Crippen molar-refractivity contribution < 1.29 is 13.2 Å². The van der Waals surface area contributed by atoms with Crippen molar-refractivity contribution in [3.8, 4) is 0 Å². The summed E-state index contributed by atoms with van der Waals surface area (Å²) in [6.45, 7) is 4.15. The zero-order valence-electron chi connectivity index (χ0n) is 16.7. The first-order chi connectivity index (χ1) is 13.8. The topological polar surface area (TPSA) is 66.5 Å². The highest BCUT2D eigenvalue weighted by molar-refractivity contribution is 7.89. The predicted molar refractivity (Wildman–Crippen MR) is 115 cm³/mol. The highest BCUT2D eigenvalue weighted by Crippen LogP contribution is 2.20. The monoisotopic (exact) mass is 408 g/mol. The number of carbonyl (C=O) groups is 1. The summed E-state index contributed by atoms with van der Waals surface area (Å²) < 4.78 is 26.9. The molecule has 1 N–H and O–H groups in total. The van der Waals surface area contributed by atoms with Crippen LogP contribution in [0.1, 0.15) is 27.0 Å². The fraction of sp³-hybridized carbons (Fsp3) is 0.174. The molecule has 0 saturated heterocycles. The molecular formula is C23H24N2O3S. The third kappa shape index (κ3) is 4.72. The standard InChI is InChI=1S/C23H24N2O3S/c1-17-8-7-11-22(18(17)2)23(26)24-20-12-14-21(15-13-20)29(27,28)25(3)16-19-9-5-4-6-10-19/h4-15H,16H2,1-3H3,(H,24,26). The normalized spacial score (nSPS) is 11.4. The molecule has 0 spiro atoms. The van der Waals surface area contributed by atoms with Crippen LogP contribution < -0.4 is 5.32 Å². The van der Waals surface area contributed by atoms with E-state index in [0.717, 1.165) is 16.7 Å². The molecule has 0 heterocycles. The molecule has 1 amide bonds. The molecule has 0 fully saturated rings. The molecule has 0 aliphatic rings. The molecule has 0 radical (unpaired) electrons. The molecule has 0 aliphatic carbocycles. The minimum atomic E-state index is -3.63. The van der Waals surface area contributed by atoms with Gasteiger partial charge in [0.25, 0.3) is 5.91 Å². The summed E-state index contributed by atoms with van der Waals surface area (Å²) >= 11 is 0. The molecule has 3 aromatic rings. The van der Waals surface area contributed by atoms with Crippen molar-refractivity contribution >= 4 is 21.6 Å². The Kier molecular flexibility index (Phi) is 6.15. The fourth-order valence-corrected chi connectivity index (χ4v) is 4.17. The molecule has 0 saturated carbocycles. The maximum atomic E-state index is 12.8. The average molecular weight is 409 g/mol. The number of anilines is 1. The largest absolute Gasteiger partial charge is 0.322 e. The van der Waals surface area contributed by atoms with E-state index in [2.05, 4.69) is 5.32 Å². The van der Waals surface area contributed by atoms with Crippen LogP contribution in [0.15, 0.2) is 77.7 Å². The van der Waals surface area contributed by atoms with Crippen LogP contribution in [-0.4, -0.2) is 25.7 Å². The minimum absolute atomic E-state index is 0.181. The summed E-state index contributed by atoms with van der Waals surface area (Å²) in [5.74, 6) is -0.219. The average Bonchev–Trinajstić information content (AvgIpc) is 2.71. The quantitative estimate of drug-likeness (QED) is 0.658. The van der Waals surface area contributed by atoms with E-state index in [1.165, 1.54) is 16.4 Å². The number of amides is 1. The lowest BCUT2D eigenvalue weighted by Crippen LogP contribution is -2.26. The lowest BCUT2D eigenvalue weighted by Gasteiger charge is -2.17. The van der Waals surface area contributed by atoms with Crippen molar-refractivity contribution in [2.75, 3.05) is 12.4 Å². The molecule has 5 nitrogen and oxygen atoms in total. The second kappa shape index (κ2) is 8.59. The van der Waals surface area contributed by atoms with Crippen LogP contribution in [-0.2, 0) is 16.6 Å². The maximum Gasteiger partial charge on any atom is 0.255 e. The van der Waals surface area contributed by atoms with E-state index >= 15 is 0 Å². The van der Waals surface area contributed by atoms with Gasteiger partial charge in [-0.3, -0.25) is 4.79 Å². The summed E-state index contributed by atoms with van der Waals surface area (Å²) in [4.78, 5) is 12.7. The molecule has 0 bridgehead atoms. The highest BCUT2D eigenvalue weighted by atomic mass is 32.2. The van der Waals surface area contributed by atoms with Crippen molar-refractivity contribution in [2.45, 2.75) is 25.3 Å². The smallest absolute Gasteiger partial charge is 0.255 e. The number of hydrogen-bond donors (Lipinski definition) is 1. The lowest BCUT2D eigenvalue weighted by atomic mass is 10.0. The highest BCUT2D eigenvalue weighted by Gasteiger charge is 2.21. The van der Waals surface area contributed by atoms with Gasteiger partial charge in [-0.25, -0.2) is 8.42 Å². The number of benzene rings is 3. The van der Waals surface area contributed by atoms with Crippen LogP contribution in [0.3, 0.4) is 0 Å². The molecule has 6 heteroatoms. The van der Waals surface area contributed by atoms with Gasteiger partial charge in [-0.2, -0.15) is 4.31 Å². The number of nitrogens with one attached hydrogen (secondary N) is 1. The number of carbonyl (C=O) groups excluding carboxylic acids is 1. The van der Waals surface area contributed by atoms with Crippen molar-refractivity contribution in [3.05, 3.63) is 95.1 Å². The Hall–Kier alpha value is -2.96. The number of nitrogens with zero attached hydrogens (tertiary/aromatic N) is 1. The van der Waals surface area contributed by atoms with E-state index < -0.39 is 10.0 Å². The van der Waals surface area contributed by atoms with E-state index in [1.807, 2.05) is 56.3 Å². The number of rotatable bonds is 6.